The van der Waals surface area contributed by atoms with E-state index in [9.17, 15) is 0 Å². The first kappa shape index (κ1) is 19.4. The fourth-order valence-corrected chi connectivity index (χ4v) is 3.23. The summed E-state index contributed by atoms with van der Waals surface area (Å²) in [7, 11) is 0. The van der Waals surface area contributed by atoms with Crippen molar-refractivity contribution in [1.29, 1.82) is 0 Å². The minimum Gasteiger partial charge on any atom is -0.379 e. The number of thiocarbonyl (C=S) groups is 1. The fraction of sp³-hybridized carbons (Fsp3) is 0.611. The lowest BCUT2D eigenvalue weighted by atomic mass is 10.2. The Morgan fingerprint density at radius 3 is 2.58 bits per heavy atom. The molecule has 24 heavy (non-hydrogen) atoms. The molecule has 2 rings (SSSR count). The van der Waals surface area contributed by atoms with Crippen molar-refractivity contribution in [2.24, 2.45) is 0 Å². The molecule has 1 aliphatic rings. The van der Waals surface area contributed by atoms with E-state index in [0.29, 0.717) is 6.04 Å². The van der Waals surface area contributed by atoms with Crippen molar-refractivity contribution >= 4 is 28.9 Å². The quantitative estimate of drug-likeness (QED) is 0.745. The molecule has 6 heteroatoms. The van der Waals surface area contributed by atoms with Crippen LogP contribution in [0.25, 0.3) is 0 Å². The van der Waals surface area contributed by atoms with Gasteiger partial charge in [-0.3, -0.25) is 4.90 Å². The molecular weight excluding hydrogens is 342 g/mol. The highest BCUT2D eigenvalue weighted by atomic mass is 35.5. The molecule has 0 atom stereocenters. The fourth-order valence-electron chi connectivity index (χ4n) is 2.71. The predicted molar refractivity (Wildman–Crippen MR) is 105 cm³/mol. The van der Waals surface area contributed by atoms with Crippen molar-refractivity contribution in [2.45, 2.75) is 32.9 Å². The summed E-state index contributed by atoms with van der Waals surface area (Å²) >= 11 is 11.6. The van der Waals surface area contributed by atoms with Crippen LogP contribution < -0.4 is 5.32 Å². The van der Waals surface area contributed by atoms with Gasteiger partial charge in [-0.2, -0.15) is 0 Å². The SMILES string of the molecule is CC(C)NC(=S)N(CCCN1CCOCC1)Cc1ccc(Cl)cc1. The Morgan fingerprint density at radius 2 is 1.96 bits per heavy atom. The van der Waals surface area contributed by atoms with Gasteiger partial charge in [-0.05, 0) is 50.2 Å². The molecule has 0 aromatic heterocycles. The number of morpholine rings is 1. The summed E-state index contributed by atoms with van der Waals surface area (Å²) in [4.78, 5) is 4.71. The number of hydrogen-bond acceptors (Lipinski definition) is 3. The molecule has 0 unspecified atom stereocenters. The lowest BCUT2D eigenvalue weighted by molar-refractivity contribution is 0.0367. The van der Waals surface area contributed by atoms with E-state index in [1.807, 2.05) is 12.1 Å². The Morgan fingerprint density at radius 1 is 1.29 bits per heavy atom. The number of benzene rings is 1. The van der Waals surface area contributed by atoms with Gasteiger partial charge in [-0.25, -0.2) is 0 Å². The molecule has 1 heterocycles. The lowest BCUT2D eigenvalue weighted by Gasteiger charge is -2.30. The topological polar surface area (TPSA) is 27.7 Å². The van der Waals surface area contributed by atoms with Crippen LogP contribution in [0.5, 0.6) is 0 Å². The van der Waals surface area contributed by atoms with Gasteiger partial charge >= 0.3 is 0 Å². The highest BCUT2D eigenvalue weighted by molar-refractivity contribution is 7.80. The Labute approximate surface area is 156 Å². The monoisotopic (exact) mass is 369 g/mol. The summed E-state index contributed by atoms with van der Waals surface area (Å²) in [5, 5.41) is 4.95. The van der Waals surface area contributed by atoms with Crippen molar-refractivity contribution in [3.8, 4) is 0 Å². The van der Waals surface area contributed by atoms with E-state index in [4.69, 9.17) is 28.6 Å². The van der Waals surface area contributed by atoms with E-state index in [1.165, 1.54) is 5.56 Å². The van der Waals surface area contributed by atoms with E-state index in [1.54, 1.807) is 0 Å². The number of rotatable bonds is 7. The van der Waals surface area contributed by atoms with E-state index in [-0.39, 0.29) is 0 Å². The Balaban J connectivity index is 1.88. The summed E-state index contributed by atoms with van der Waals surface area (Å²) in [6.07, 6.45) is 1.09. The van der Waals surface area contributed by atoms with Gasteiger partial charge in [0.1, 0.15) is 0 Å². The summed E-state index contributed by atoms with van der Waals surface area (Å²) in [6, 6.07) is 8.33. The maximum absolute atomic E-state index is 5.98. The van der Waals surface area contributed by atoms with E-state index in [2.05, 4.69) is 41.1 Å². The van der Waals surface area contributed by atoms with Crippen LogP contribution >= 0.6 is 23.8 Å². The zero-order valence-electron chi connectivity index (χ0n) is 14.6. The van der Waals surface area contributed by atoms with Gasteiger partial charge < -0.3 is 15.0 Å². The zero-order chi connectivity index (χ0) is 17.4. The average Bonchev–Trinajstić information content (AvgIpc) is 2.56. The van der Waals surface area contributed by atoms with E-state index >= 15 is 0 Å². The van der Waals surface area contributed by atoms with Gasteiger partial charge in [-0.1, -0.05) is 23.7 Å². The molecule has 1 aromatic carbocycles. The first-order chi connectivity index (χ1) is 11.5. The third-order valence-electron chi connectivity index (χ3n) is 3.99. The molecule has 0 spiro atoms. The van der Waals surface area contributed by atoms with Crippen molar-refractivity contribution in [3.63, 3.8) is 0 Å². The average molecular weight is 370 g/mol. The van der Waals surface area contributed by atoms with Gasteiger partial charge in [0.15, 0.2) is 5.11 Å². The molecule has 134 valence electrons. The first-order valence-electron chi connectivity index (χ1n) is 8.64. The third-order valence-corrected chi connectivity index (χ3v) is 4.62. The van der Waals surface area contributed by atoms with Gasteiger partial charge in [0, 0.05) is 43.8 Å². The van der Waals surface area contributed by atoms with Gasteiger partial charge in [-0.15, -0.1) is 0 Å². The molecular formula is C18H28ClN3OS. The smallest absolute Gasteiger partial charge is 0.169 e. The third kappa shape index (κ3) is 6.93. The van der Waals surface area contributed by atoms with E-state index < -0.39 is 0 Å². The van der Waals surface area contributed by atoms with Crippen LogP contribution in [0.2, 0.25) is 5.02 Å². The van der Waals surface area contributed by atoms with Crippen molar-refractivity contribution in [2.75, 3.05) is 39.4 Å². The molecule has 1 fully saturated rings. The minimum absolute atomic E-state index is 0.337. The summed E-state index contributed by atoms with van der Waals surface area (Å²) in [5.74, 6) is 0. The molecule has 1 aromatic rings. The molecule has 1 saturated heterocycles. The second-order valence-corrected chi connectivity index (χ2v) is 7.28. The van der Waals surface area contributed by atoms with Gasteiger partial charge in [0.05, 0.1) is 13.2 Å². The number of halogens is 1. The summed E-state index contributed by atoms with van der Waals surface area (Å²) in [6.45, 7) is 10.8. The summed E-state index contributed by atoms with van der Waals surface area (Å²) in [5.41, 5.74) is 1.22. The number of hydrogen-bond donors (Lipinski definition) is 1. The molecule has 4 nitrogen and oxygen atoms in total. The maximum atomic E-state index is 5.98. The zero-order valence-corrected chi connectivity index (χ0v) is 16.2. The number of ether oxygens (including phenoxy) is 1. The lowest BCUT2D eigenvalue weighted by Crippen LogP contribution is -2.44. The normalized spacial score (nSPS) is 15.5. The number of nitrogens with one attached hydrogen (secondary N) is 1. The standard InChI is InChI=1S/C18H28ClN3OS/c1-15(2)20-18(24)22(14-16-4-6-17(19)7-5-16)9-3-8-21-10-12-23-13-11-21/h4-7,15H,3,8-14H2,1-2H3,(H,20,24). The van der Waals surface area contributed by atoms with Crippen LogP contribution in [-0.2, 0) is 11.3 Å². The molecule has 0 radical (unpaired) electrons. The molecule has 0 amide bonds. The van der Waals surface area contributed by atoms with E-state index in [0.717, 1.165) is 62.5 Å². The Hall–Kier alpha value is -0.880. The van der Waals surface area contributed by atoms with Crippen LogP contribution in [0.4, 0.5) is 0 Å². The van der Waals surface area contributed by atoms with Gasteiger partial charge in [0.2, 0.25) is 0 Å². The van der Waals surface area contributed by atoms with Crippen LogP contribution in [0, 0.1) is 0 Å². The summed E-state index contributed by atoms with van der Waals surface area (Å²) < 4.78 is 5.40. The second-order valence-electron chi connectivity index (χ2n) is 6.46. The minimum atomic E-state index is 0.337. The van der Waals surface area contributed by atoms with Crippen LogP contribution in [0.1, 0.15) is 25.8 Å². The largest absolute Gasteiger partial charge is 0.379 e. The molecule has 0 saturated carbocycles. The Kier molecular flexibility index (Phi) is 8.25. The maximum Gasteiger partial charge on any atom is 0.169 e. The van der Waals surface area contributed by atoms with Crippen LogP contribution in [-0.4, -0.2) is 60.3 Å². The van der Waals surface area contributed by atoms with Crippen molar-refractivity contribution < 1.29 is 4.74 Å². The Bertz CT molecular complexity index is 503. The van der Waals surface area contributed by atoms with Crippen LogP contribution in [0.3, 0.4) is 0 Å². The molecule has 0 aliphatic carbocycles. The number of nitrogens with zero attached hydrogens (tertiary/aromatic N) is 2. The van der Waals surface area contributed by atoms with Crippen molar-refractivity contribution in [1.82, 2.24) is 15.1 Å². The molecule has 0 bridgehead atoms. The van der Waals surface area contributed by atoms with Crippen LogP contribution in [0.15, 0.2) is 24.3 Å². The highest BCUT2D eigenvalue weighted by Gasteiger charge is 2.14. The first-order valence-corrected chi connectivity index (χ1v) is 9.43. The predicted octanol–water partition coefficient (Wildman–Crippen LogP) is 3.15. The highest BCUT2D eigenvalue weighted by Crippen LogP contribution is 2.12. The molecule has 1 N–H and O–H groups in total. The second kappa shape index (κ2) is 10.2. The van der Waals surface area contributed by atoms with Gasteiger partial charge in [0.25, 0.3) is 0 Å². The molecule has 1 aliphatic heterocycles. The van der Waals surface area contributed by atoms with Crippen molar-refractivity contribution in [3.05, 3.63) is 34.9 Å².